The fourth-order valence-corrected chi connectivity index (χ4v) is 3.08. The number of nitrogens with one attached hydrogen (secondary N) is 1. The first kappa shape index (κ1) is 16.7. The maximum absolute atomic E-state index is 13.7. The maximum Gasteiger partial charge on any atom is 0.262 e. The predicted molar refractivity (Wildman–Crippen MR) is 87.3 cm³/mol. The van der Waals surface area contributed by atoms with Crippen molar-refractivity contribution in [3.05, 3.63) is 39.6 Å². The molecular formula is C17H18BrFN2O. The van der Waals surface area contributed by atoms with Crippen LogP contribution in [-0.4, -0.2) is 11.9 Å². The summed E-state index contributed by atoms with van der Waals surface area (Å²) in [5.74, 6) is -0.490. The molecule has 1 N–H and O–H groups in total. The van der Waals surface area contributed by atoms with Gasteiger partial charge >= 0.3 is 0 Å². The van der Waals surface area contributed by atoms with Crippen LogP contribution in [0.3, 0.4) is 0 Å². The van der Waals surface area contributed by atoms with Crippen LogP contribution in [0.15, 0.2) is 28.2 Å². The second kappa shape index (κ2) is 7.55. The summed E-state index contributed by atoms with van der Waals surface area (Å²) in [7, 11) is 0. The molecule has 1 amide bonds. The zero-order chi connectivity index (χ0) is 16.1. The summed E-state index contributed by atoms with van der Waals surface area (Å²) < 4.78 is 14.4. The molecule has 1 fully saturated rings. The summed E-state index contributed by atoms with van der Waals surface area (Å²) in [5.41, 5.74) is 0.146. The third-order valence-electron chi connectivity index (χ3n) is 4.05. The predicted octanol–water partition coefficient (Wildman–Crippen LogP) is 4.19. The van der Waals surface area contributed by atoms with Crippen LogP contribution in [0.1, 0.15) is 38.2 Å². The highest BCUT2D eigenvalue weighted by molar-refractivity contribution is 9.10. The SMILES string of the molecule is C[C@@H]1CCCC[C@H]1NC(=O)/C(C#N)=C/c1cc(Br)ccc1F. The Morgan fingerprint density at radius 3 is 2.86 bits per heavy atom. The van der Waals surface area contributed by atoms with Gasteiger partial charge in [0.05, 0.1) is 0 Å². The van der Waals surface area contributed by atoms with Crippen molar-refractivity contribution in [3.63, 3.8) is 0 Å². The van der Waals surface area contributed by atoms with E-state index in [0.29, 0.717) is 10.4 Å². The third kappa shape index (κ3) is 4.17. The Morgan fingerprint density at radius 1 is 1.45 bits per heavy atom. The van der Waals surface area contributed by atoms with Gasteiger partial charge < -0.3 is 5.32 Å². The van der Waals surface area contributed by atoms with E-state index in [2.05, 4.69) is 28.2 Å². The van der Waals surface area contributed by atoms with Crippen LogP contribution in [0.25, 0.3) is 6.08 Å². The molecule has 2 rings (SSSR count). The molecule has 1 saturated carbocycles. The zero-order valence-electron chi connectivity index (χ0n) is 12.4. The van der Waals surface area contributed by atoms with Gasteiger partial charge in [0.2, 0.25) is 0 Å². The van der Waals surface area contributed by atoms with Crippen molar-refractivity contribution in [2.24, 2.45) is 5.92 Å². The van der Waals surface area contributed by atoms with Crippen LogP contribution < -0.4 is 5.32 Å². The lowest BCUT2D eigenvalue weighted by Crippen LogP contribution is -2.41. The smallest absolute Gasteiger partial charge is 0.262 e. The largest absolute Gasteiger partial charge is 0.348 e. The Kier molecular flexibility index (Phi) is 5.73. The van der Waals surface area contributed by atoms with Crippen molar-refractivity contribution >= 4 is 27.9 Å². The van der Waals surface area contributed by atoms with E-state index in [-0.39, 0.29) is 17.2 Å². The number of halogens is 2. The minimum absolute atomic E-state index is 0.0743. The molecule has 0 aromatic heterocycles. The molecule has 3 nitrogen and oxygen atoms in total. The topological polar surface area (TPSA) is 52.9 Å². The van der Waals surface area contributed by atoms with Crippen LogP contribution in [0.5, 0.6) is 0 Å². The molecule has 5 heteroatoms. The molecule has 1 aliphatic rings. The Hall–Kier alpha value is -1.67. The molecule has 0 unspecified atom stereocenters. The second-order valence-corrected chi connectivity index (χ2v) is 6.59. The molecule has 0 saturated heterocycles. The number of rotatable bonds is 3. The number of benzene rings is 1. The summed E-state index contributed by atoms with van der Waals surface area (Å²) >= 11 is 3.25. The van der Waals surface area contributed by atoms with Crippen molar-refractivity contribution in [3.8, 4) is 6.07 Å². The molecule has 0 aliphatic heterocycles. The number of carbonyl (C=O) groups is 1. The molecule has 0 radical (unpaired) electrons. The van der Waals surface area contributed by atoms with Crippen LogP contribution in [0.2, 0.25) is 0 Å². The molecule has 116 valence electrons. The fraction of sp³-hybridized carbons (Fsp3) is 0.412. The van der Waals surface area contributed by atoms with E-state index in [0.717, 1.165) is 19.3 Å². The third-order valence-corrected chi connectivity index (χ3v) is 4.54. The summed E-state index contributed by atoms with van der Waals surface area (Å²) in [4.78, 5) is 12.3. The van der Waals surface area contributed by atoms with E-state index in [1.807, 2.05) is 6.07 Å². The molecule has 22 heavy (non-hydrogen) atoms. The molecule has 1 aliphatic carbocycles. The van der Waals surface area contributed by atoms with Crippen molar-refractivity contribution in [2.45, 2.75) is 38.6 Å². The first-order valence-corrected chi connectivity index (χ1v) is 8.18. The quantitative estimate of drug-likeness (QED) is 0.645. The Bertz CT molecular complexity index is 636. The van der Waals surface area contributed by atoms with E-state index in [4.69, 9.17) is 0 Å². The van der Waals surface area contributed by atoms with Gasteiger partial charge in [0.1, 0.15) is 17.5 Å². The van der Waals surface area contributed by atoms with Crippen LogP contribution >= 0.6 is 15.9 Å². The monoisotopic (exact) mass is 364 g/mol. The average molecular weight is 365 g/mol. The first-order chi connectivity index (χ1) is 10.5. The number of nitriles is 1. The van der Waals surface area contributed by atoms with Crippen molar-refractivity contribution < 1.29 is 9.18 Å². The Balaban J connectivity index is 2.16. The summed E-state index contributed by atoms with van der Waals surface area (Å²) in [6.45, 7) is 2.11. The molecule has 1 aromatic carbocycles. The van der Waals surface area contributed by atoms with E-state index in [1.165, 1.54) is 18.6 Å². The van der Waals surface area contributed by atoms with Crippen molar-refractivity contribution in [1.29, 1.82) is 5.26 Å². The van der Waals surface area contributed by atoms with Gasteiger partial charge in [0.25, 0.3) is 5.91 Å². The van der Waals surface area contributed by atoms with Gasteiger partial charge in [-0.05, 0) is 43.0 Å². The highest BCUT2D eigenvalue weighted by Crippen LogP contribution is 2.24. The van der Waals surface area contributed by atoms with Crippen LogP contribution in [0.4, 0.5) is 4.39 Å². The molecule has 1 aromatic rings. The highest BCUT2D eigenvalue weighted by Gasteiger charge is 2.24. The van der Waals surface area contributed by atoms with Gasteiger partial charge in [-0.15, -0.1) is 0 Å². The number of nitrogens with zero attached hydrogens (tertiary/aromatic N) is 1. The minimum Gasteiger partial charge on any atom is -0.348 e. The average Bonchev–Trinajstić information content (AvgIpc) is 2.50. The molecular weight excluding hydrogens is 347 g/mol. The van der Waals surface area contributed by atoms with Crippen LogP contribution in [-0.2, 0) is 4.79 Å². The van der Waals surface area contributed by atoms with Gasteiger partial charge in [0.15, 0.2) is 0 Å². The summed E-state index contributed by atoms with van der Waals surface area (Å²) in [6, 6.07) is 6.37. The Morgan fingerprint density at radius 2 is 2.18 bits per heavy atom. The van der Waals surface area contributed by atoms with E-state index in [9.17, 15) is 14.4 Å². The summed E-state index contributed by atoms with van der Waals surface area (Å²) in [6.07, 6.45) is 5.56. The first-order valence-electron chi connectivity index (χ1n) is 7.39. The van der Waals surface area contributed by atoms with Gasteiger partial charge in [-0.1, -0.05) is 35.7 Å². The van der Waals surface area contributed by atoms with Crippen molar-refractivity contribution in [2.75, 3.05) is 0 Å². The normalized spacial score (nSPS) is 22.0. The second-order valence-electron chi connectivity index (χ2n) is 5.68. The number of carbonyl (C=O) groups excluding carboxylic acids is 1. The lowest BCUT2D eigenvalue weighted by Gasteiger charge is -2.29. The number of hydrogen-bond acceptors (Lipinski definition) is 2. The Labute approximate surface area is 138 Å². The van der Waals surface area contributed by atoms with E-state index >= 15 is 0 Å². The zero-order valence-corrected chi connectivity index (χ0v) is 14.0. The molecule has 0 bridgehead atoms. The maximum atomic E-state index is 13.7. The minimum atomic E-state index is -0.463. The fourth-order valence-electron chi connectivity index (χ4n) is 2.71. The summed E-state index contributed by atoms with van der Waals surface area (Å²) in [5, 5.41) is 12.1. The molecule has 0 heterocycles. The van der Waals surface area contributed by atoms with E-state index < -0.39 is 11.7 Å². The lowest BCUT2D eigenvalue weighted by atomic mass is 9.86. The van der Waals surface area contributed by atoms with Gasteiger partial charge in [-0.25, -0.2) is 4.39 Å². The standard InChI is InChI=1S/C17H18BrFN2O/c1-11-4-2-3-5-16(11)21-17(22)13(10-20)8-12-9-14(18)6-7-15(12)19/h6-9,11,16H,2-5H2,1H3,(H,21,22)/b13-8+/t11-,16-/m1/s1. The highest BCUT2D eigenvalue weighted by atomic mass is 79.9. The van der Waals surface area contributed by atoms with Crippen molar-refractivity contribution in [1.82, 2.24) is 5.32 Å². The number of amides is 1. The van der Waals surface area contributed by atoms with Gasteiger partial charge in [-0.3, -0.25) is 4.79 Å². The van der Waals surface area contributed by atoms with Gasteiger partial charge in [0, 0.05) is 16.1 Å². The number of hydrogen-bond donors (Lipinski definition) is 1. The van der Waals surface area contributed by atoms with Crippen LogP contribution in [0, 0.1) is 23.1 Å². The molecule has 2 atom stereocenters. The molecule has 0 spiro atoms. The van der Waals surface area contributed by atoms with Gasteiger partial charge in [-0.2, -0.15) is 5.26 Å². The van der Waals surface area contributed by atoms with E-state index in [1.54, 1.807) is 12.1 Å². The lowest BCUT2D eigenvalue weighted by molar-refractivity contribution is -0.118.